The molecule has 108 valence electrons. The van der Waals surface area contributed by atoms with Gasteiger partial charge in [-0.15, -0.1) is 11.3 Å². The van der Waals surface area contributed by atoms with Gasteiger partial charge in [-0.2, -0.15) is 4.98 Å². The number of thiazole rings is 1. The average Bonchev–Trinajstić information content (AvgIpc) is 3.05. The smallest absolute Gasteiger partial charge is 0.357 e. The molecule has 0 saturated heterocycles. The van der Waals surface area contributed by atoms with Gasteiger partial charge >= 0.3 is 12.0 Å². The standard InChI is InChI=1S/C14H13N3O3S/c1-3-19-12(18)10-7-21-14(16-10)17-13-15-9-6-8(2)4-5-11(9)20-13/h4-7H,3H2,1-2H3,(H,15,16,17). The summed E-state index contributed by atoms with van der Waals surface area (Å²) < 4.78 is 10.5. The second-order valence-electron chi connectivity index (χ2n) is 4.37. The Kier molecular flexibility index (Phi) is 3.57. The molecule has 1 N–H and O–H groups in total. The number of anilines is 2. The van der Waals surface area contributed by atoms with Crippen LogP contribution in [0.5, 0.6) is 0 Å². The second kappa shape index (κ2) is 5.53. The molecule has 0 aliphatic rings. The van der Waals surface area contributed by atoms with Crippen molar-refractivity contribution in [2.75, 3.05) is 11.9 Å². The molecule has 0 bridgehead atoms. The predicted molar refractivity (Wildman–Crippen MR) is 80.1 cm³/mol. The molecule has 6 nitrogen and oxygen atoms in total. The van der Waals surface area contributed by atoms with Crippen LogP contribution in [0.4, 0.5) is 11.1 Å². The molecule has 21 heavy (non-hydrogen) atoms. The Morgan fingerprint density at radius 3 is 3.10 bits per heavy atom. The quantitative estimate of drug-likeness (QED) is 0.743. The Balaban J connectivity index is 1.80. The zero-order valence-electron chi connectivity index (χ0n) is 11.5. The van der Waals surface area contributed by atoms with Crippen molar-refractivity contribution in [2.24, 2.45) is 0 Å². The Morgan fingerprint density at radius 2 is 2.29 bits per heavy atom. The Bertz CT molecular complexity index is 794. The van der Waals surface area contributed by atoms with Crippen molar-refractivity contribution in [3.63, 3.8) is 0 Å². The number of hydrogen-bond donors (Lipinski definition) is 1. The van der Waals surface area contributed by atoms with Gasteiger partial charge in [0, 0.05) is 5.38 Å². The maximum atomic E-state index is 11.5. The first-order valence-electron chi connectivity index (χ1n) is 6.42. The molecule has 3 aromatic rings. The van der Waals surface area contributed by atoms with Gasteiger partial charge in [0.1, 0.15) is 5.52 Å². The van der Waals surface area contributed by atoms with Crippen LogP contribution in [0.25, 0.3) is 11.1 Å². The van der Waals surface area contributed by atoms with E-state index in [1.54, 1.807) is 12.3 Å². The van der Waals surface area contributed by atoms with E-state index < -0.39 is 5.97 Å². The fourth-order valence-corrected chi connectivity index (χ4v) is 2.48. The minimum atomic E-state index is -0.435. The molecule has 0 fully saturated rings. The summed E-state index contributed by atoms with van der Waals surface area (Å²) in [6.07, 6.45) is 0. The number of nitrogens with one attached hydrogen (secondary N) is 1. The van der Waals surface area contributed by atoms with E-state index in [4.69, 9.17) is 9.15 Å². The number of aromatic nitrogens is 2. The van der Waals surface area contributed by atoms with Crippen LogP contribution in [0.15, 0.2) is 28.0 Å². The lowest BCUT2D eigenvalue weighted by Gasteiger charge is -1.96. The van der Waals surface area contributed by atoms with Gasteiger partial charge in [-0.05, 0) is 31.5 Å². The molecule has 0 aliphatic carbocycles. The fraction of sp³-hybridized carbons (Fsp3) is 0.214. The largest absolute Gasteiger partial charge is 0.461 e. The van der Waals surface area contributed by atoms with Crippen LogP contribution >= 0.6 is 11.3 Å². The summed E-state index contributed by atoms with van der Waals surface area (Å²) in [5.41, 5.74) is 2.86. The lowest BCUT2D eigenvalue weighted by atomic mass is 10.2. The SMILES string of the molecule is CCOC(=O)c1csc(Nc2nc3cc(C)ccc3o2)n1. The monoisotopic (exact) mass is 303 g/mol. The van der Waals surface area contributed by atoms with Gasteiger partial charge < -0.3 is 9.15 Å². The molecule has 0 saturated carbocycles. The normalized spacial score (nSPS) is 10.8. The maximum Gasteiger partial charge on any atom is 0.357 e. The van der Waals surface area contributed by atoms with E-state index in [0.717, 1.165) is 11.1 Å². The lowest BCUT2D eigenvalue weighted by Crippen LogP contribution is -2.04. The fourth-order valence-electron chi connectivity index (χ4n) is 1.81. The van der Waals surface area contributed by atoms with Crippen LogP contribution < -0.4 is 5.32 Å². The Hall–Kier alpha value is -2.41. The molecule has 2 aromatic heterocycles. The zero-order valence-corrected chi connectivity index (χ0v) is 12.4. The van der Waals surface area contributed by atoms with Gasteiger partial charge in [-0.3, -0.25) is 5.32 Å². The van der Waals surface area contributed by atoms with Crippen LogP contribution in [0.1, 0.15) is 23.0 Å². The van der Waals surface area contributed by atoms with E-state index in [1.165, 1.54) is 11.3 Å². The van der Waals surface area contributed by atoms with Gasteiger partial charge in [0.05, 0.1) is 6.61 Å². The van der Waals surface area contributed by atoms with Crippen LogP contribution in [-0.2, 0) is 4.74 Å². The first-order valence-corrected chi connectivity index (χ1v) is 7.30. The second-order valence-corrected chi connectivity index (χ2v) is 5.23. The molecule has 0 atom stereocenters. The number of fused-ring (bicyclic) bond motifs is 1. The number of nitrogens with zero attached hydrogens (tertiary/aromatic N) is 2. The number of aryl methyl sites for hydroxylation is 1. The number of oxazole rings is 1. The van der Waals surface area contributed by atoms with Crippen molar-refractivity contribution >= 4 is 39.6 Å². The number of hydrogen-bond acceptors (Lipinski definition) is 7. The number of carbonyl (C=O) groups is 1. The number of rotatable bonds is 4. The highest BCUT2D eigenvalue weighted by molar-refractivity contribution is 7.14. The summed E-state index contributed by atoms with van der Waals surface area (Å²) in [4.78, 5) is 20.0. The van der Waals surface area contributed by atoms with E-state index in [9.17, 15) is 4.79 Å². The number of ether oxygens (including phenoxy) is 1. The van der Waals surface area contributed by atoms with Gasteiger partial charge in [0.25, 0.3) is 0 Å². The molecule has 0 aliphatic heterocycles. The topological polar surface area (TPSA) is 77.2 Å². The van der Waals surface area contributed by atoms with Gasteiger partial charge in [-0.1, -0.05) is 6.07 Å². The summed E-state index contributed by atoms with van der Waals surface area (Å²) in [5, 5.41) is 5.11. The third-order valence-corrected chi connectivity index (χ3v) is 3.50. The van der Waals surface area contributed by atoms with Crippen molar-refractivity contribution in [3.8, 4) is 0 Å². The Labute approximate surface area is 124 Å². The van der Waals surface area contributed by atoms with Crippen molar-refractivity contribution < 1.29 is 13.9 Å². The first kappa shape index (κ1) is 13.6. The summed E-state index contributed by atoms with van der Waals surface area (Å²) in [6, 6.07) is 6.12. The van der Waals surface area contributed by atoms with E-state index in [-0.39, 0.29) is 5.69 Å². The van der Waals surface area contributed by atoms with Gasteiger partial charge in [0.2, 0.25) is 0 Å². The molecular formula is C14H13N3O3S. The number of benzene rings is 1. The third-order valence-electron chi connectivity index (χ3n) is 2.75. The highest BCUT2D eigenvalue weighted by Crippen LogP contribution is 2.25. The lowest BCUT2D eigenvalue weighted by molar-refractivity contribution is 0.0520. The minimum Gasteiger partial charge on any atom is -0.461 e. The molecule has 0 amide bonds. The molecule has 0 spiro atoms. The van der Waals surface area contributed by atoms with E-state index in [2.05, 4.69) is 15.3 Å². The van der Waals surface area contributed by atoms with Crippen molar-refractivity contribution in [3.05, 3.63) is 34.8 Å². The predicted octanol–water partition coefficient (Wildman–Crippen LogP) is 3.51. The van der Waals surface area contributed by atoms with Crippen LogP contribution in [0.3, 0.4) is 0 Å². The summed E-state index contributed by atoms with van der Waals surface area (Å²) in [5.74, 6) is -0.435. The minimum absolute atomic E-state index is 0.274. The van der Waals surface area contributed by atoms with Crippen molar-refractivity contribution in [1.82, 2.24) is 9.97 Å². The van der Waals surface area contributed by atoms with E-state index >= 15 is 0 Å². The number of esters is 1. The maximum absolute atomic E-state index is 11.5. The first-order chi connectivity index (χ1) is 10.2. The molecular weight excluding hydrogens is 290 g/mol. The van der Waals surface area contributed by atoms with Crippen molar-refractivity contribution in [2.45, 2.75) is 13.8 Å². The summed E-state index contributed by atoms with van der Waals surface area (Å²) in [6.45, 7) is 4.07. The highest BCUT2D eigenvalue weighted by Gasteiger charge is 2.13. The van der Waals surface area contributed by atoms with Gasteiger partial charge in [0.15, 0.2) is 16.4 Å². The van der Waals surface area contributed by atoms with E-state index in [0.29, 0.717) is 23.3 Å². The third kappa shape index (κ3) is 2.87. The molecule has 3 rings (SSSR count). The van der Waals surface area contributed by atoms with E-state index in [1.807, 2.05) is 25.1 Å². The average molecular weight is 303 g/mol. The van der Waals surface area contributed by atoms with Gasteiger partial charge in [-0.25, -0.2) is 9.78 Å². The van der Waals surface area contributed by atoms with Crippen LogP contribution in [0.2, 0.25) is 0 Å². The molecule has 0 radical (unpaired) electrons. The number of carbonyl (C=O) groups excluding carboxylic acids is 1. The zero-order chi connectivity index (χ0) is 14.8. The molecule has 2 heterocycles. The molecule has 7 heteroatoms. The highest BCUT2D eigenvalue weighted by atomic mass is 32.1. The summed E-state index contributed by atoms with van der Waals surface area (Å²) in [7, 11) is 0. The summed E-state index contributed by atoms with van der Waals surface area (Å²) >= 11 is 1.29. The van der Waals surface area contributed by atoms with Crippen LogP contribution in [0, 0.1) is 6.92 Å². The van der Waals surface area contributed by atoms with Crippen LogP contribution in [-0.4, -0.2) is 22.5 Å². The molecule has 0 unspecified atom stereocenters. The molecule has 1 aromatic carbocycles. The Morgan fingerprint density at radius 1 is 1.43 bits per heavy atom. The van der Waals surface area contributed by atoms with Crippen molar-refractivity contribution in [1.29, 1.82) is 0 Å².